The maximum Gasteiger partial charge on any atom is 0.237 e. The number of rotatable bonds is 3. The molecule has 1 N–H and O–H groups in total. The van der Waals surface area contributed by atoms with Crippen molar-refractivity contribution in [2.45, 2.75) is 0 Å². The van der Waals surface area contributed by atoms with Gasteiger partial charge in [0.2, 0.25) is 5.91 Å². The molecule has 3 aromatic carbocycles. The van der Waals surface area contributed by atoms with E-state index in [0.29, 0.717) is 16.3 Å². The number of Topliss-reactive ketones (excluding diaryl/α,β-unsaturated/α-hetero) is 1. The van der Waals surface area contributed by atoms with E-state index in [2.05, 4.69) is 5.32 Å². The Labute approximate surface area is 162 Å². The highest BCUT2D eigenvalue weighted by Crippen LogP contribution is 2.37. The fourth-order valence-electron chi connectivity index (χ4n) is 3.30. The molecule has 0 fully saturated rings. The SMILES string of the molecule is O=C(Nc1ccccc1)C1CN(c2ccccc2)c2ccc(Cl)cc2C1=O. The Kier molecular flexibility index (Phi) is 4.65. The fourth-order valence-corrected chi connectivity index (χ4v) is 3.47. The van der Waals surface area contributed by atoms with Crippen molar-refractivity contribution in [1.82, 2.24) is 0 Å². The van der Waals surface area contributed by atoms with Crippen molar-refractivity contribution in [3.8, 4) is 0 Å². The number of para-hydroxylation sites is 2. The van der Waals surface area contributed by atoms with Crippen LogP contribution in [0.4, 0.5) is 17.1 Å². The lowest BCUT2D eigenvalue weighted by atomic mass is 9.89. The van der Waals surface area contributed by atoms with Gasteiger partial charge in [0, 0.05) is 28.5 Å². The van der Waals surface area contributed by atoms with Crippen LogP contribution in [0.5, 0.6) is 0 Å². The van der Waals surface area contributed by atoms with Gasteiger partial charge in [-0.25, -0.2) is 0 Å². The van der Waals surface area contributed by atoms with Gasteiger partial charge < -0.3 is 10.2 Å². The molecule has 4 rings (SSSR count). The number of nitrogens with one attached hydrogen (secondary N) is 1. The molecule has 0 aliphatic carbocycles. The Morgan fingerprint density at radius 2 is 1.63 bits per heavy atom. The predicted octanol–water partition coefficient (Wildman–Crippen LogP) is 4.93. The van der Waals surface area contributed by atoms with E-state index in [9.17, 15) is 9.59 Å². The maximum absolute atomic E-state index is 13.0. The van der Waals surface area contributed by atoms with E-state index >= 15 is 0 Å². The van der Waals surface area contributed by atoms with Gasteiger partial charge in [-0.05, 0) is 42.5 Å². The molecule has 1 aliphatic rings. The zero-order valence-corrected chi connectivity index (χ0v) is 15.2. The van der Waals surface area contributed by atoms with Crippen LogP contribution < -0.4 is 10.2 Å². The average Bonchev–Trinajstić information content (AvgIpc) is 2.70. The molecule has 1 unspecified atom stereocenters. The van der Waals surface area contributed by atoms with Crippen molar-refractivity contribution in [1.29, 1.82) is 0 Å². The Bertz CT molecular complexity index is 990. The molecular formula is C22H17ClN2O2. The first-order valence-electron chi connectivity index (χ1n) is 8.66. The molecule has 0 saturated carbocycles. The fraction of sp³-hybridized carbons (Fsp3) is 0.0909. The topological polar surface area (TPSA) is 49.4 Å². The van der Waals surface area contributed by atoms with Crippen molar-refractivity contribution in [3.05, 3.63) is 89.4 Å². The van der Waals surface area contributed by atoms with E-state index in [-0.39, 0.29) is 18.2 Å². The lowest BCUT2D eigenvalue weighted by Crippen LogP contribution is -2.43. The Balaban J connectivity index is 1.72. The number of benzene rings is 3. The summed E-state index contributed by atoms with van der Waals surface area (Å²) in [5, 5.41) is 3.31. The van der Waals surface area contributed by atoms with Crippen LogP contribution in [0.3, 0.4) is 0 Å². The van der Waals surface area contributed by atoms with Gasteiger partial charge in [-0.15, -0.1) is 0 Å². The van der Waals surface area contributed by atoms with E-state index in [1.165, 1.54) is 0 Å². The van der Waals surface area contributed by atoms with E-state index in [4.69, 9.17) is 11.6 Å². The number of amides is 1. The molecule has 3 aromatic rings. The number of anilines is 3. The number of hydrogen-bond acceptors (Lipinski definition) is 3. The van der Waals surface area contributed by atoms with Crippen LogP contribution in [0.25, 0.3) is 0 Å². The largest absolute Gasteiger partial charge is 0.340 e. The summed E-state index contributed by atoms with van der Waals surface area (Å²) in [7, 11) is 0. The molecule has 0 radical (unpaired) electrons. The number of hydrogen-bond donors (Lipinski definition) is 1. The van der Waals surface area contributed by atoms with Gasteiger partial charge in [-0.3, -0.25) is 9.59 Å². The van der Waals surface area contributed by atoms with Crippen molar-refractivity contribution in [3.63, 3.8) is 0 Å². The zero-order valence-electron chi connectivity index (χ0n) is 14.4. The van der Waals surface area contributed by atoms with Crippen LogP contribution >= 0.6 is 11.6 Å². The summed E-state index contributed by atoms with van der Waals surface area (Å²) in [6.07, 6.45) is 0. The molecule has 0 saturated heterocycles. The molecule has 4 nitrogen and oxygen atoms in total. The molecule has 5 heteroatoms. The first kappa shape index (κ1) is 17.3. The molecule has 134 valence electrons. The zero-order chi connectivity index (χ0) is 18.8. The van der Waals surface area contributed by atoms with Gasteiger partial charge in [-0.2, -0.15) is 0 Å². The average molecular weight is 377 g/mol. The smallest absolute Gasteiger partial charge is 0.237 e. The summed E-state index contributed by atoms with van der Waals surface area (Å²) in [6.45, 7) is 0.274. The van der Waals surface area contributed by atoms with E-state index in [1.54, 1.807) is 24.3 Å². The van der Waals surface area contributed by atoms with Gasteiger partial charge in [0.1, 0.15) is 5.92 Å². The highest BCUT2D eigenvalue weighted by molar-refractivity contribution is 6.31. The Hall–Kier alpha value is -3.11. The molecule has 1 aliphatic heterocycles. The highest BCUT2D eigenvalue weighted by atomic mass is 35.5. The van der Waals surface area contributed by atoms with Crippen molar-refractivity contribution in [2.75, 3.05) is 16.8 Å². The Morgan fingerprint density at radius 3 is 2.33 bits per heavy atom. The number of nitrogens with zero attached hydrogens (tertiary/aromatic N) is 1. The van der Waals surface area contributed by atoms with Crippen molar-refractivity contribution in [2.24, 2.45) is 5.92 Å². The van der Waals surface area contributed by atoms with Crippen LogP contribution in [0.2, 0.25) is 5.02 Å². The molecule has 0 bridgehead atoms. The number of fused-ring (bicyclic) bond motifs is 1. The summed E-state index contributed by atoms with van der Waals surface area (Å²) >= 11 is 6.12. The van der Waals surface area contributed by atoms with Gasteiger partial charge in [0.05, 0.1) is 5.69 Å². The Morgan fingerprint density at radius 1 is 0.963 bits per heavy atom. The van der Waals surface area contributed by atoms with Gasteiger partial charge in [-0.1, -0.05) is 48.0 Å². The third kappa shape index (κ3) is 3.44. The minimum absolute atomic E-state index is 0.215. The van der Waals surface area contributed by atoms with Crippen molar-refractivity contribution < 1.29 is 9.59 Å². The van der Waals surface area contributed by atoms with E-state index in [0.717, 1.165) is 11.4 Å². The summed E-state index contributed by atoms with van der Waals surface area (Å²) in [5.74, 6) is -1.36. The van der Waals surface area contributed by atoms with Crippen LogP contribution in [0.1, 0.15) is 10.4 Å². The minimum atomic E-state index is -0.823. The summed E-state index contributed by atoms with van der Waals surface area (Å²) in [6, 6.07) is 24.1. The third-order valence-corrected chi connectivity index (χ3v) is 4.86. The van der Waals surface area contributed by atoms with Crippen LogP contribution in [-0.2, 0) is 4.79 Å². The van der Waals surface area contributed by atoms with E-state index in [1.807, 2.05) is 59.5 Å². The highest BCUT2D eigenvalue weighted by Gasteiger charge is 2.37. The standard InChI is InChI=1S/C22H17ClN2O2/c23-15-11-12-20-18(13-15)21(26)19(14-25(20)17-9-5-2-6-10-17)22(27)24-16-7-3-1-4-8-16/h1-13,19H,14H2,(H,24,27). The molecule has 1 heterocycles. The van der Waals surface area contributed by atoms with Gasteiger partial charge in [0.15, 0.2) is 5.78 Å². The second kappa shape index (κ2) is 7.25. The molecule has 0 spiro atoms. The predicted molar refractivity (Wildman–Crippen MR) is 108 cm³/mol. The van der Waals surface area contributed by atoms with Crippen molar-refractivity contribution >= 4 is 40.4 Å². The monoisotopic (exact) mass is 376 g/mol. The number of ketones is 1. The van der Waals surface area contributed by atoms with Crippen LogP contribution in [-0.4, -0.2) is 18.2 Å². The lowest BCUT2D eigenvalue weighted by molar-refractivity contribution is -0.118. The minimum Gasteiger partial charge on any atom is -0.340 e. The van der Waals surface area contributed by atoms with Crippen LogP contribution in [0, 0.1) is 5.92 Å². The van der Waals surface area contributed by atoms with Gasteiger partial charge >= 0.3 is 0 Å². The molecule has 1 amide bonds. The second-order valence-corrected chi connectivity index (χ2v) is 6.82. The third-order valence-electron chi connectivity index (χ3n) is 4.62. The quantitative estimate of drug-likeness (QED) is 0.659. The number of carbonyl (C=O) groups is 2. The maximum atomic E-state index is 13.0. The number of carbonyl (C=O) groups excluding carboxylic acids is 2. The van der Waals surface area contributed by atoms with Crippen LogP contribution in [0.15, 0.2) is 78.9 Å². The van der Waals surface area contributed by atoms with Gasteiger partial charge in [0.25, 0.3) is 0 Å². The summed E-state index contributed by atoms with van der Waals surface area (Å²) in [4.78, 5) is 27.9. The first-order chi connectivity index (χ1) is 13.1. The lowest BCUT2D eigenvalue weighted by Gasteiger charge is -2.34. The van der Waals surface area contributed by atoms with E-state index < -0.39 is 5.92 Å². The molecule has 27 heavy (non-hydrogen) atoms. The first-order valence-corrected chi connectivity index (χ1v) is 9.03. The molecule has 0 aromatic heterocycles. The second-order valence-electron chi connectivity index (χ2n) is 6.38. The summed E-state index contributed by atoms with van der Waals surface area (Å²) < 4.78 is 0. The number of halogens is 1. The summed E-state index contributed by atoms with van der Waals surface area (Å²) in [5.41, 5.74) is 2.81. The normalized spacial score (nSPS) is 16.0. The molecule has 1 atom stereocenters. The molecular weight excluding hydrogens is 360 g/mol.